The summed E-state index contributed by atoms with van der Waals surface area (Å²) in [6, 6.07) is 15.0. The largest absolute Gasteiger partial charge is 0.363 e. The van der Waals surface area contributed by atoms with Crippen LogP contribution in [-0.4, -0.2) is 20.2 Å². The van der Waals surface area contributed by atoms with Crippen molar-refractivity contribution in [3.05, 3.63) is 71.4 Å². The summed E-state index contributed by atoms with van der Waals surface area (Å²) in [7, 11) is 0. The molecule has 0 unspecified atom stereocenters. The Morgan fingerprint density at radius 2 is 1.97 bits per heavy atom. The van der Waals surface area contributed by atoms with E-state index in [0.29, 0.717) is 22.5 Å². The molecule has 0 saturated carbocycles. The van der Waals surface area contributed by atoms with Crippen molar-refractivity contribution in [3.63, 3.8) is 0 Å². The Morgan fingerprint density at radius 3 is 2.83 bits per heavy atom. The second-order valence-electron chi connectivity index (χ2n) is 7.39. The molecule has 1 aliphatic rings. The number of fused-ring (bicyclic) bond motifs is 2. The lowest BCUT2D eigenvalue weighted by Crippen LogP contribution is -2.13. The minimum Gasteiger partial charge on any atom is -0.363 e. The SMILES string of the molecule is CC(F)(F)c1ccc(N[C@@H]2CCc3ccccc32)nc1-c1[nH]nc2ncccc12. The highest BCUT2D eigenvalue weighted by Gasteiger charge is 2.31. The van der Waals surface area contributed by atoms with Crippen molar-refractivity contribution >= 4 is 16.9 Å². The number of alkyl halides is 2. The van der Waals surface area contributed by atoms with Gasteiger partial charge in [-0.1, -0.05) is 24.3 Å². The molecule has 3 heterocycles. The second kappa shape index (κ2) is 6.62. The van der Waals surface area contributed by atoms with E-state index in [9.17, 15) is 8.78 Å². The van der Waals surface area contributed by atoms with Crippen LogP contribution in [0.1, 0.15) is 36.1 Å². The number of hydrogen-bond donors (Lipinski definition) is 2. The summed E-state index contributed by atoms with van der Waals surface area (Å²) < 4.78 is 28.7. The summed E-state index contributed by atoms with van der Waals surface area (Å²) in [5, 5.41) is 11.1. The minimum atomic E-state index is -3.04. The maximum Gasteiger partial charge on any atom is 0.272 e. The summed E-state index contributed by atoms with van der Waals surface area (Å²) in [5.41, 5.74) is 3.50. The third-order valence-corrected chi connectivity index (χ3v) is 5.39. The third kappa shape index (κ3) is 3.12. The van der Waals surface area contributed by atoms with Gasteiger partial charge in [0.15, 0.2) is 5.65 Å². The van der Waals surface area contributed by atoms with E-state index in [2.05, 4.69) is 37.6 Å². The molecule has 2 N–H and O–H groups in total. The molecule has 3 aromatic heterocycles. The van der Waals surface area contributed by atoms with Crippen LogP contribution in [0.5, 0.6) is 0 Å². The van der Waals surface area contributed by atoms with Gasteiger partial charge in [-0.3, -0.25) is 5.10 Å². The van der Waals surface area contributed by atoms with E-state index in [4.69, 9.17) is 0 Å². The van der Waals surface area contributed by atoms with Crippen LogP contribution in [0.25, 0.3) is 22.4 Å². The molecule has 29 heavy (non-hydrogen) atoms. The predicted molar refractivity (Wildman–Crippen MR) is 108 cm³/mol. The molecule has 7 heteroatoms. The fourth-order valence-corrected chi connectivity index (χ4v) is 4.00. The van der Waals surface area contributed by atoms with E-state index in [1.807, 2.05) is 12.1 Å². The number of H-pyrrole nitrogens is 1. The Labute approximate surface area is 166 Å². The van der Waals surface area contributed by atoms with Gasteiger partial charge in [-0.15, -0.1) is 0 Å². The fraction of sp³-hybridized carbons (Fsp3) is 0.227. The maximum absolute atomic E-state index is 14.3. The number of aromatic nitrogens is 4. The zero-order chi connectivity index (χ0) is 20.0. The van der Waals surface area contributed by atoms with Gasteiger partial charge in [0.2, 0.25) is 0 Å². The Bertz CT molecular complexity index is 1200. The van der Waals surface area contributed by atoms with Crippen LogP contribution >= 0.6 is 0 Å². The highest BCUT2D eigenvalue weighted by molar-refractivity contribution is 5.90. The van der Waals surface area contributed by atoms with Crippen LogP contribution in [0.15, 0.2) is 54.7 Å². The van der Waals surface area contributed by atoms with Gasteiger partial charge in [0.05, 0.1) is 11.7 Å². The molecule has 0 aliphatic heterocycles. The summed E-state index contributed by atoms with van der Waals surface area (Å²) in [5.74, 6) is -2.48. The Hall–Kier alpha value is -3.35. The normalized spacial score (nSPS) is 16.2. The quantitative estimate of drug-likeness (QED) is 0.500. The summed E-state index contributed by atoms with van der Waals surface area (Å²) >= 11 is 0. The molecule has 4 aromatic rings. The van der Waals surface area contributed by atoms with Crippen LogP contribution in [0, 0.1) is 0 Å². The van der Waals surface area contributed by atoms with Crippen molar-refractivity contribution in [1.82, 2.24) is 20.2 Å². The molecule has 5 rings (SSSR count). The standard InChI is InChI=1S/C22H19F2N5/c1-22(23,24)16-9-11-18(26-17-10-8-13-5-2-3-6-14(13)17)27-20(16)19-15-7-4-12-25-21(15)29-28-19/h2-7,9,11-12,17H,8,10H2,1H3,(H,26,27)(H,25,28,29)/t17-/m1/s1. The second-order valence-corrected chi connectivity index (χ2v) is 7.39. The van der Waals surface area contributed by atoms with Gasteiger partial charge < -0.3 is 5.32 Å². The van der Waals surface area contributed by atoms with Crippen LogP contribution in [-0.2, 0) is 12.3 Å². The predicted octanol–water partition coefficient (Wildman–Crippen LogP) is 5.23. The van der Waals surface area contributed by atoms with Crippen molar-refractivity contribution in [1.29, 1.82) is 0 Å². The van der Waals surface area contributed by atoms with Gasteiger partial charge in [0.1, 0.15) is 11.5 Å². The number of anilines is 1. The van der Waals surface area contributed by atoms with Crippen LogP contribution in [0.2, 0.25) is 0 Å². The van der Waals surface area contributed by atoms with E-state index in [0.717, 1.165) is 19.8 Å². The lowest BCUT2D eigenvalue weighted by atomic mass is 10.0. The first-order chi connectivity index (χ1) is 14.0. The lowest BCUT2D eigenvalue weighted by molar-refractivity contribution is 0.0178. The average Bonchev–Trinajstić information content (AvgIpc) is 3.32. The lowest BCUT2D eigenvalue weighted by Gasteiger charge is -2.19. The molecule has 0 fully saturated rings. The first kappa shape index (κ1) is 17.7. The molecule has 0 spiro atoms. The highest BCUT2D eigenvalue weighted by atomic mass is 19.3. The molecule has 0 amide bonds. The van der Waals surface area contributed by atoms with Crippen molar-refractivity contribution in [2.24, 2.45) is 0 Å². The first-order valence-electron chi connectivity index (χ1n) is 9.54. The molecule has 0 bridgehead atoms. The van der Waals surface area contributed by atoms with Crippen LogP contribution < -0.4 is 5.32 Å². The zero-order valence-electron chi connectivity index (χ0n) is 15.8. The van der Waals surface area contributed by atoms with E-state index in [1.54, 1.807) is 24.4 Å². The molecular weight excluding hydrogens is 372 g/mol. The molecule has 0 saturated heterocycles. The van der Waals surface area contributed by atoms with Gasteiger partial charge in [0.25, 0.3) is 5.92 Å². The number of aromatic amines is 1. The fourth-order valence-electron chi connectivity index (χ4n) is 4.00. The molecule has 1 aliphatic carbocycles. The van der Waals surface area contributed by atoms with Gasteiger partial charge in [0, 0.05) is 24.1 Å². The first-order valence-corrected chi connectivity index (χ1v) is 9.54. The number of rotatable bonds is 4. The highest BCUT2D eigenvalue weighted by Crippen LogP contribution is 2.38. The number of pyridine rings is 2. The number of nitrogens with zero attached hydrogens (tertiary/aromatic N) is 3. The molecule has 1 aromatic carbocycles. The van der Waals surface area contributed by atoms with E-state index in [-0.39, 0.29) is 17.3 Å². The summed E-state index contributed by atoms with van der Waals surface area (Å²) in [6.07, 6.45) is 3.55. The van der Waals surface area contributed by atoms with Crippen molar-refractivity contribution in [3.8, 4) is 11.4 Å². The van der Waals surface area contributed by atoms with E-state index >= 15 is 0 Å². The molecule has 146 valence electrons. The van der Waals surface area contributed by atoms with Crippen molar-refractivity contribution in [2.45, 2.75) is 31.7 Å². The smallest absolute Gasteiger partial charge is 0.272 e. The number of hydrogen-bond acceptors (Lipinski definition) is 4. The summed E-state index contributed by atoms with van der Waals surface area (Å²) in [4.78, 5) is 8.75. The minimum absolute atomic E-state index is 0.111. The monoisotopic (exact) mass is 391 g/mol. The average molecular weight is 391 g/mol. The van der Waals surface area contributed by atoms with Crippen LogP contribution in [0.3, 0.4) is 0 Å². The zero-order valence-corrected chi connectivity index (χ0v) is 15.8. The number of halogens is 2. The number of aryl methyl sites for hydroxylation is 1. The van der Waals surface area contributed by atoms with E-state index in [1.165, 1.54) is 17.2 Å². The Kier molecular flexibility index (Phi) is 4.04. The molecular formula is C22H19F2N5. The van der Waals surface area contributed by atoms with Crippen LogP contribution in [0.4, 0.5) is 14.6 Å². The van der Waals surface area contributed by atoms with Gasteiger partial charge in [-0.2, -0.15) is 5.10 Å². The van der Waals surface area contributed by atoms with E-state index < -0.39 is 5.92 Å². The third-order valence-electron chi connectivity index (χ3n) is 5.39. The molecule has 1 atom stereocenters. The Balaban J connectivity index is 1.58. The number of nitrogens with one attached hydrogen (secondary N) is 2. The van der Waals surface area contributed by atoms with Gasteiger partial charge in [-0.25, -0.2) is 18.7 Å². The topological polar surface area (TPSA) is 66.5 Å². The summed E-state index contributed by atoms with van der Waals surface area (Å²) in [6.45, 7) is 0.880. The Morgan fingerprint density at radius 1 is 1.10 bits per heavy atom. The van der Waals surface area contributed by atoms with Gasteiger partial charge >= 0.3 is 0 Å². The van der Waals surface area contributed by atoms with Crippen molar-refractivity contribution in [2.75, 3.05) is 5.32 Å². The molecule has 0 radical (unpaired) electrons. The number of benzene rings is 1. The maximum atomic E-state index is 14.3. The molecule has 5 nitrogen and oxygen atoms in total. The van der Waals surface area contributed by atoms with Gasteiger partial charge in [-0.05, 0) is 48.2 Å². The van der Waals surface area contributed by atoms with Crippen molar-refractivity contribution < 1.29 is 8.78 Å².